The van der Waals surface area contributed by atoms with Crippen molar-refractivity contribution in [3.8, 4) is 0 Å². The van der Waals surface area contributed by atoms with Crippen molar-refractivity contribution < 1.29 is 9.94 Å². The van der Waals surface area contributed by atoms with Gasteiger partial charge in [0.15, 0.2) is 11.5 Å². The van der Waals surface area contributed by atoms with Crippen molar-refractivity contribution in [3.63, 3.8) is 0 Å². The first kappa shape index (κ1) is 13.1. The second-order valence-electron chi connectivity index (χ2n) is 4.31. The zero-order valence-corrected chi connectivity index (χ0v) is 11.1. The molecule has 0 bridgehead atoms. The van der Waals surface area contributed by atoms with Gasteiger partial charge in [0.1, 0.15) is 0 Å². The van der Waals surface area contributed by atoms with Gasteiger partial charge in [0.25, 0.3) is 0 Å². The summed E-state index contributed by atoms with van der Waals surface area (Å²) < 4.78 is 5.41. The number of oxime groups is 1. The van der Waals surface area contributed by atoms with E-state index in [1.807, 2.05) is 44.2 Å². The maximum Gasteiger partial charge on any atom is 0.155 e. The molecular weight excluding hydrogens is 238 g/mol. The standard InChI is InChI=1S/C16H17NO2/c1-3-13-11-19-15(16(13)17-18)10-9-12(2)14-7-5-4-6-8-14/h4-11,18H,3H2,1-2H3/b12-9+,15-10+,17-16+. The van der Waals surface area contributed by atoms with Crippen molar-refractivity contribution >= 4 is 11.3 Å². The third-order valence-electron chi connectivity index (χ3n) is 3.06. The van der Waals surface area contributed by atoms with Crippen LogP contribution in [-0.4, -0.2) is 10.9 Å². The fourth-order valence-electron chi connectivity index (χ4n) is 1.88. The normalized spacial score (nSPS) is 19.7. The van der Waals surface area contributed by atoms with Crippen LogP contribution in [0.15, 0.2) is 65.2 Å². The molecule has 3 nitrogen and oxygen atoms in total. The van der Waals surface area contributed by atoms with Gasteiger partial charge < -0.3 is 9.94 Å². The summed E-state index contributed by atoms with van der Waals surface area (Å²) in [5.74, 6) is 0.578. The molecule has 98 valence electrons. The van der Waals surface area contributed by atoms with Crippen LogP contribution < -0.4 is 0 Å². The molecule has 0 aliphatic carbocycles. The van der Waals surface area contributed by atoms with E-state index in [1.165, 1.54) is 0 Å². The quantitative estimate of drug-likeness (QED) is 0.651. The fourth-order valence-corrected chi connectivity index (χ4v) is 1.88. The van der Waals surface area contributed by atoms with Gasteiger partial charge in [-0.3, -0.25) is 0 Å². The summed E-state index contributed by atoms with van der Waals surface area (Å²) in [4.78, 5) is 0. The molecule has 1 aromatic carbocycles. The average Bonchev–Trinajstić information content (AvgIpc) is 2.87. The number of allylic oxidation sites excluding steroid dienone is 4. The fraction of sp³-hybridized carbons (Fsp3) is 0.188. The Hall–Kier alpha value is -2.29. The van der Waals surface area contributed by atoms with E-state index in [1.54, 1.807) is 6.26 Å². The van der Waals surface area contributed by atoms with Crippen LogP contribution in [0.25, 0.3) is 5.57 Å². The smallest absolute Gasteiger partial charge is 0.155 e. The number of hydrogen-bond donors (Lipinski definition) is 1. The molecule has 1 aliphatic rings. The van der Waals surface area contributed by atoms with Crippen LogP contribution in [-0.2, 0) is 4.74 Å². The zero-order chi connectivity index (χ0) is 13.7. The van der Waals surface area contributed by atoms with Crippen molar-refractivity contribution in [1.82, 2.24) is 0 Å². The molecule has 1 heterocycles. The Bertz CT molecular complexity index is 566. The minimum atomic E-state index is 0.514. The largest absolute Gasteiger partial charge is 0.462 e. The highest BCUT2D eigenvalue weighted by atomic mass is 16.5. The van der Waals surface area contributed by atoms with Gasteiger partial charge in [-0.05, 0) is 30.6 Å². The van der Waals surface area contributed by atoms with Gasteiger partial charge in [-0.1, -0.05) is 48.5 Å². The molecule has 0 aromatic heterocycles. The van der Waals surface area contributed by atoms with Crippen molar-refractivity contribution in [1.29, 1.82) is 0 Å². The highest BCUT2D eigenvalue weighted by Gasteiger charge is 2.19. The lowest BCUT2D eigenvalue weighted by molar-refractivity contribution is 0.315. The number of benzene rings is 1. The van der Waals surface area contributed by atoms with E-state index < -0.39 is 0 Å². The first-order chi connectivity index (χ1) is 9.26. The molecular formula is C16H17NO2. The summed E-state index contributed by atoms with van der Waals surface area (Å²) in [5, 5.41) is 12.3. The molecule has 1 aliphatic heterocycles. The Labute approximate surface area is 113 Å². The topological polar surface area (TPSA) is 41.8 Å². The van der Waals surface area contributed by atoms with Crippen LogP contribution in [0, 0.1) is 0 Å². The van der Waals surface area contributed by atoms with E-state index >= 15 is 0 Å². The Balaban J connectivity index is 2.20. The van der Waals surface area contributed by atoms with Crippen LogP contribution in [0.4, 0.5) is 0 Å². The molecule has 0 spiro atoms. The predicted octanol–water partition coefficient (Wildman–Crippen LogP) is 4.13. The predicted molar refractivity (Wildman–Crippen MR) is 76.9 cm³/mol. The maximum absolute atomic E-state index is 9.03. The Morgan fingerprint density at radius 1 is 1.32 bits per heavy atom. The van der Waals surface area contributed by atoms with Crippen LogP contribution in [0.2, 0.25) is 0 Å². The van der Waals surface area contributed by atoms with Crippen LogP contribution >= 0.6 is 0 Å². The van der Waals surface area contributed by atoms with E-state index in [0.717, 1.165) is 23.1 Å². The first-order valence-corrected chi connectivity index (χ1v) is 6.28. The van der Waals surface area contributed by atoms with E-state index in [9.17, 15) is 0 Å². The summed E-state index contributed by atoms with van der Waals surface area (Å²) in [5.41, 5.74) is 3.70. The maximum atomic E-state index is 9.03. The second-order valence-corrected chi connectivity index (χ2v) is 4.31. The summed E-state index contributed by atoms with van der Waals surface area (Å²) in [6.45, 7) is 4.03. The molecule has 2 rings (SSSR count). The van der Waals surface area contributed by atoms with Gasteiger partial charge in [0.2, 0.25) is 0 Å². The van der Waals surface area contributed by atoms with Crippen molar-refractivity contribution in [2.45, 2.75) is 20.3 Å². The van der Waals surface area contributed by atoms with Crippen molar-refractivity contribution in [2.24, 2.45) is 5.16 Å². The molecule has 0 amide bonds. The third kappa shape index (κ3) is 2.94. The van der Waals surface area contributed by atoms with E-state index in [4.69, 9.17) is 9.94 Å². The van der Waals surface area contributed by atoms with Gasteiger partial charge in [0, 0.05) is 5.57 Å². The highest BCUT2D eigenvalue weighted by Crippen LogP contribution is 2.22. The summed E-state index contributed by atoms with van der Waals surface area (Å²) in [6.07, 6.45) is 6.20. The van der Waals surface area contributed by atoms with Gasteiger partial charge in [-0.2, -0.15) is 0 Å². The SMILES string of the molecule is CCC1=COC(=C/C=C(\C)c2ccccc2)/C1=N/O. The van der Waals surface area contributed by atoms with Crippen LogP contribution in [0.1, 0.15) is 25.8 Å². The van der Waals surface area contributed by atoms with Gasteiger partial charge in [0.05, 0.1) is 6.26 Å². The number of rotatable bonds is 3. The Morgan fingerprint density at radius 2 is 2.05 bits per heavy atom. The Morgan fingerprint density at radius 3 is 2.68 bits per heavy atom. The molecule has 0 saturated carbocycles. The number of hydrogen-bond acceptors (Lipinski definition) is 3. The Kier molecular flexibility index (Phi) is 4.18. The lowest BCUT2D eigenvalue weighted by atomic mass is 10.1. The third-order valence-corrected chi connectivity index (χ3v) is 3.06. The second kappa shape index (κ2) is 6.05. The van der Waals surface area contributed by atoms with E-state index in [0.29, 0.717) is 11.5 Å². The lowest BCUT2D eigenvalue weighted by Gasteiger charge is -2.01. The minimum absolute atomic E-state index is 0.514. The van der Waals surface area contributed by atoms with Crippen LogP contribution in [0.3, 0.4) is 0 Å². The first-order valence-electron chi connectivity index (χ1n) is 6.28. The molecule has 0 saturated heterocycles. The van der Waals surface area contributed by atoms with Crippen LogP contribution in [0.5, 0.6) is 0 Å². The minimum Gasteiger partial charge on any atom is -0.462 e. The molecule has 0 unspecified atom stereocenters. The van der Waals surface area contributed by atoms with Crippen molar-refractivity contribution in [2.75, 3.05) is 0 Å². The zero-order valence-electron chi connectivity index (χ0n) is 11.1. The van der Waals surface area contributed by atoms with E-state index in [-0.39, 0.29) is 0 Å². The molecule has 0 atom stereocenters. The molecule has 3 heteroatoms. The molecule has 0 radical (unpaired) electrons. The monoisotopic (exact) mass is 255 g/mol. The summed E-state index contributed by atoms with van der Waals surface area (Å²) >= 11 is 0. The summed E-state index contributed by atoms with van der Waals surface area (Å²) in [7, 11) is 0. The van der Waals surface area contributed by atoms with Crippen molar-refractivity contribution in [3.05, 3.63) is 65.6 Å². The molecule has 1 N–H and O–H groups in total. The lowest BCUT2D eigenvalue weighted by Crippen LogP contribution is -2.00. The van der Waals surface area contributed by atoms with Gasteiger partial charge >= 0.3 is 0 Å². The van der Waals surface area contributed by atoms with Gasteiger partial charge in [-0.15, -0.1) is 0 Å². The molecule has 0 fully saturated rings. The van der Waals surface area contributed by atoms with E-state index in [2.05, 4.69) is 17.3 Å². The molecule has 19 heavy (non-hydrogen) atoms. The van der Waals surface area contributed by atoms with Gasteiger partial charge in [-0.25, -0.2) is 0 Å². The molecule has 1 aromatic rings. The average molecular weight is 255 g/mol. The number of ether oxygens (including phenoxy) is 1. The number of nitrogens with zero attached hydrogens (tertiary/aromatic N) is 1. The summed E-state index contributed by atoms with van der Waals surface area (Å²) in [6, 6.07) is 10.1. The highest BCUT2D eigenvalue weighted by molar-refractivity contribution is 6.12.